The summed E-state index contributed by atoms with van der Waals surface area (Å²) in [4.78, 5) is 0. The summed E-state index contributed by atoms with van der Waals surface area (Å²) in [5.41, 5.74) is 0.240. The normalized spacial score (nSPS) is 21.0. The largest absolute Gasteiger partial charge is 0.396 e. The Hall–Kier alpha value is -0.120. The Labute approximate surface area is 92.4 Å². The zero-order valence-electron chi connectivity index (χ0n) is 9.61. The summed E-state index contributed by atoms with van der Waals surface area (Å²) in [5, 5.41) is 18.4. The van der Waals surface area contributed by atoms with Gasteiger partial charge in [-0.25, -0.2) is 0 Å². The van der Waals surface area contributed by atoms with Crippen molar-refractivity contribution in [3.63, 3.8) is 0 Å². The van der Waals surface area contributed by atoms with Gasteiger partial charge in [-0.05, 0) is 38.5 Å². The monoisotopic (exact) mass is 215 g/mol. The van der Waals surface area contributed by atoms with E-state index in [-0.39, 0.29) is 18.1 Å². The molecule has 1 saturated heterocycles. The van der Waals surface area contributed by atoms with Crippen LogP contribution in [0.5, 0.6) is 0 Å². The summed E-state index contributed by atoms with van der Waals surface area (Å²) in [6.07, 6.45) is 6.19. The van der Waals surface area contributed by atoms with Gasteiger partial charge in [0.25, 0.3) is 0 Å². The molecule has 3 nitrogen and oxygen atoms in total. The minimum Gasteiger partial charge on any atom is -0.396 e. The first kappa shape index (κ1) is 12.9. The molecule has 0 aromatic carbocycles. The first-order valence-corrected chi connectivity index (χ1v) is 5.91. The summed E-state index contributed by atoms with van der Waals surface area (Å²) >= 11 is 0. The van der Waals surface area contributed by atoms with E-state index in [1.165, 1.54) is 0 Å². The van der Waals surface area contributed by atoms with E-state index in [4.69, 9.17) is 9.84 Å². The molecule has 2 N–H and O–H groups in total. The lowest BCUT2D eigenvalue weighted by Crippen LogP contribution is -2.44. The van der Waals surface area contributed by atoms with Crippen molar-refractivity contribution in [2.75, 3.05) is 19.8 Å². The molecule has 0 saturated carbocycles. The molecular weight excluding hydrogens is 192 g/mol. The number of hydrogen-bond acceptors (Lipinski definition) is 3. The van der Waals surface area contributed by atoms with Crippen molar-refractivity contribution in [1.82, 2.24) is 0 Å². The highest BCUT2D eigenvalue weighted by atomic mass is 16.5. The standard InChI is InChI=1S/C12H23O3/c1-2-12(9-15-10-12)8-11(14)6-4-3-5-7-13/h4,11,13-14H,2-3,5-10H2,1H3. The number of unbranched alkanes of at least 4 members (excludes halogenated alkanes) is 2. The van der Waals surface area contributed by atoms with Crippen LogP contribution in [0.4, 0.5) is 0 Å². The van der Waals surface area contributed by atoms with Crippen LogP contribution in [-0.2, 0) is 4.74 Å². The van der Waals surface area contributed by atoms with Crippen LogP contribution in [0.1, 0.15) is 39.0 Å². The Balaban J connectivity index is 2.09. The molecule has 1 aliphatic rings. The predicted octanol–water partition coefficient (Wildman–Crippen LogP) is 1.53. The van der Waals surface area contributed by atoms with Crippen LogP contribution in [0, 0.1) is 11.8 Å². The molecule has 89 valence electrons. The SMILES string of the molecule is CCC1(CC(O)C[CH]CCCO)COC1. The lowest BCUT2D eigenvalue weighted by atomic mass is 9.77. The molecule has 0 aliphatic carbocycles. The summed E-state index contributed by atoms with van der Waals surface area (Å²) in [6.45, 7) is 4.00. The van der Waals surface area contributed by atoms with Gasteiger partial charge in [0.15, 0.2) is 0 Å². The van der Waals surface area contributed by atoms with Crippen molar-refractivity contribution < 1.29 is 14.9 Å². The van der Waals surface area contributed by atoms with Crippen LogP contribution in [0.15, 0.2) is 0 Å². The van der Waals surface area contributed by atoms with Crippen molar-refractivity contribution in [2.24, 2.45) is 5.41 Å². The molecule has 0 spiro atoms. The van der Waals surface area contributed by atoms with Crippen LogP contribution in [0.2, 0.25) is 0 Å². The molecule has 1 radical (unpaired) electrons. The van der Waals surface area contributed by atoms with E-state index in [9.17, 15) is 5.11 Å². The smallest absolute Gasteiger partial charge is 0.0550 e. The molecule has 0 aromatic heterocycles. The molecule has 1 fully saturated rings. The minimum atomic E-state index is -0.243. The molecule has 1 rings (SSSR count). The van der Waals surface area contributed by atoms with Crippen LogP contribution in [0.3, 0.4) is 0 Å². The average Bonchev–Trinajstić information content (AvgIpc) is 2.18. The zero-order valence-corrected chi connectivity index (χ0v) is 9.61. The Morgan fingerprint density at radius 3 is 2.67 bits per heavy atom. The first-order valence-electron chi connectivity index (χ1n) is 5.91. The van der Waals surface area contributed by atoms with Crippen LogP contribution < -0.4 is 0 Å². The van der Waals surface area contributed by atoms with E-state index in [1.54, 1.807) is 0 Å². The van der Waals surface area contributed by atoms with Crippen LogP contribution >= 0.6 is 0 Å². The van der Waals surface area contributed by atoms with E-state index in [1.807, 2.05) is 0 Å². The maximum Gasteiger partial charge on any atom is 0.0550 e. The molecule has 1 atom stereocenters. The van der Waals surface area contributed by atoms with Crippen molar-refractivity contribution in [3.05, 3.63) is 6.42 Å². The number of rotatable bonds is 8. The highest BCUT2D eigenvalue weighted by molar-refractivity contribution is 4.87. The quantitative estimate of drug-likeness (QED) is 0.604. The van der Waals surface area contributed by atoms with Gasteiger partial charge in [-0.15, -0.1) is 0 Å². The predicted molar refractivity (Wildman–Crippen MR) is 59.4 cm³/mol. The Bertz CT molecular complexity index is 161. The van der Waals surface area contributed by atoms with Crippen molar-refractivity contribution in [2.45, 2.75) is 45.1 Å². The average molecular weight is 215 g/mol. The molecule has 0 aromatic rings. The number of aliphatic hydroxyl groups excluding tert-OH is 2. The van der Waals surface area contributed by atoms with E-state index >= 15 is 0 Å². The fraction of sp³-hybridized carbons (Fsp3) is 0.917. The molecule has 1 aliphatic heterocycles. The van der Waals surface area contributed by atoms with Crippen LogP contribution in [0.25, 0.3) is 0 Å². The third-order valence-electron chi connectivity index (χ3n) is 3.24. The van der Waals surface area contributed by atoms with Crippen LogP contribution in [-0.4, -0.2) is 36.1 Å². The molecule has 15 heavy (non-hydrogen) atoms. The second-order valence-electron chi connectivity index (χ2n) is 4.59. The lowest BCUT2D eigenvalue weighted by Gasteiger charge is -2.42. The molecule has 0 bridgehead atoms. The highest BCUT2D eigenvalue weighted by Crippen LogP contribution is 2.36. The van der Waals surface area contributed by atoms with Gasteiger partial charge in [-0.1, -0.05) is 6.92 Å². The maximum atomic E-state index is 9.83. The molecule has 1 heterocycles. The Morgan fingerprint density at radius 1 is 1.47 bits per heavy atom. The van der Waals surface area contributed by atoms with E-state index in [0.29, 0.717) is 0 Å². The lowest BCUT2D eigenvalue weighted by molar-refractivity contribution is -0.133. The van der Waals surface area contributed by atoms with Crippen molar-refractivity contribution >= 4 is 0 Å². The van der Waals surface area contributed by atoms with Gasteiger partial charge in [0, 0.05) is 12.0 Å². The van der Waals surface area contributed by atoms with E-state index in [0.717, 1.165) is 45.3 Å². The van der Waals surface area contributed by atoms with E-state index < -0.39 is 0 Å². The topological polar surface area (TPSA) is 49.7 Å². The summed E-state index contributed by atoms with van der Waals surface area (Å²) < 4.78 is 5.22. The third-order valence-corrected chi connectivity index (χ3v) is 3.24. The summed E-state index contributed by atoms with van der Waals surface area (Å²) in [6, 6.07) is 0. The van der Waals surface area contributed by atoms with Crippen molar-refractivity contribution in [1.29, 1.82) is 0 Å². The van der Waals surface area contributed by atoms with Gasteiger partial charge in [0.2, 0.25) is 0 Å². The second-order valence-corrected chi connectivity index (χ2v) is 4.59. The summed E-state index contributed by atoms with van der Waals surface area (Å²) in [7, 11) is 0. The van der Waals surface area contributed by atoms with Gasteiger partial charge in [-0.3, -0.25) is 0 Å². The number of hydrogen-bond donors (Lipinski definition) is 2. The van der Waals surface area contributed by atoms with E-state index in [2.05, 4.69) is 13.3 Å². The van der Waals surface area contributed by atoms with Crippen molar-refractivity contribution in [3.8, 4) is 0 Å². The molecule has 3 heteroatoms. The first-order chi connectivity index (χ1) is 7.22. The fourth-order valence-electron chi connectivity index (χ4n) is 1.99. The maximum absolute atomic E-state index is 9.83. The van der Waals surface area contributed by atoms with Gasteiger partial charge in [-0.2, -0.15) is 0 Å². The third kappa shape index (κ3) is 4.09. The highest BCUT2D eigenvalue weighted by Gasteiger charge is 2.38. The Morgan fingerprint density at radius 2 is 2.20 bits per heavy atom. The van der Waals surface area contributed by atoms with Gasteiger partial charge >= 0.3 is 0 Å². The molecular formula is C12H23O3. The minimum absolute atomic E-state index is 0.235. The van der Waals surface area contributed by atoms with Gasteiger partial charge in [0.05, 0.1) is 19.3 Å². The summed E-state index contributed by atoms with van der Waals surface area (Å²) in [5.74, 6) is 0. The molecule has 0 amide bonds. The Kier molecular flexibility index (Phi) is 5.58. The van der Waals surface area contributed by atoms with Gasteiger partial charge in [0.1, 0.15) is 0 Å². The fourth-order valence-corrected chi connectivity index (χ4v) is 1.99. The second kappa shape index (κ2) is 6.46. The number of aliphatic hydroxyl groups is 2. The molecule has 1 unspecified atom stereocenters. The van der Waals surface area contributed by atoms with Gasteiger partial charge < -0.3 is 14.9 Å². The number of ether oxygens (including phenoxy) is 1. The zero-order chi connectivity index (χ0) is 11.1.